The molecular weight excluding hydrogens is 316 g/mol. The first kappa shape index (κ1) is 16.5. The summed E-state index contributed by atoms with van der Waals surface area (Å²) in [4.78, 5) is 22.2. The molecule has 0 unspecified atom stereocenters. The fraction of sp³-hybridized carbons (Fsp3) is 0.632. The first-order valence-corrected chi connectivity index (χ1v) is 9.27. The smallest absolute Gasteiger partial charge is 0.259 e. The van der Waals surface area contributed by atoms with E-state index in [1.54, 1.807) is 0 Å². The highest BCUT2D eigenvalue weighted by Crippen LogP contribution is 2.40. The summed E-state index contributed by atoms with van der Waals surface area (Å²) in [6.07, 6.45) is 5.50. The first-order valence-electron chi connectivity index (χ1n) is 9.27. The van der Waals surface area contributed by atoms with E-state index in [0.717, 1.165) is 62.0 Å². The molecule has 1 aliphatic carbocycles. The number of hydrogen-bond acceptors (Lipinski definition) is 5. The Labute approximate surface area is 148 Å². The van der Waals surface area contributed by atoms with E-state index in [1.165, 1.54) is 0 Å². The van der Waals surface area contributed by atoms with Crippen LogP contribution in [0.1, 0.15) is 59.8 Å². The summed E-state index contributed by atoms with van der Waals surface area (Å²) in [6, 6.07) is 2.54. The normalized spacial score (nSPS) is 21.8. The molecule has 6 heteroatoms. The third kappa shape index (κ3) is 3.15. The van der Waals surface area contributed by atoms with Gasteiger partial charge in [-0.1, -0.05) is 5.16 Å². The van der Waals surface area contributed by atoms with Crippen molar-refractivity contribution in [3.8, 4) is 0 Å². The van der Waals surface area contributed by atoms with Gasteiger partial charge in [-0.05, 0) is 59.2 Å². The summed E-state index contributed by atoms with van der Waals surface area (Å²) in [5.74, 6) is 0.573. The van der Waals surface area contributed by atoms with Gasteiger partial charge in [-0.2, -0.15) is 0 Å². The summed E-state index contributed by atoms with van der Waals surface area (Å²) in [6.45, 7) is 3.50. The zero-order valence-corrected chi connectivity index (χ0v) is 15.3. The molecule has 0 N–H and O–H groups in total. The SMILES string of the molecule is Cc1noc2nc(C3CC3)cc(C(=O)N3CCC[C@@H](N(C)C)CC3)c12. The molecule has 2 fully saturated rings. The number of amides is 1. The predicted molar refractivity (Wildman–Crippen MR) is 95.7 cm³/mol. The van der Waals surface area contributed by atoms with Crippen molar-refractivity contribution < 1.29 is 9.32 Å². The van der Waals surface area contributed by atoms with Gasteiger partial charge in [0.2, 0.25) is 0 Å². The molecule has 1 saturated carbocycles. The van der Waals surface area contributed by atoms with Crippen LogP contribution in [0.3, 0.4) is 0 Å². The molecule has 134 valence electrons. The van der Waals surface area contributed by atoms with E-state index < -0.39 is 0 Å². The second-order valence-corrected chi connectivity index (χ2v) is 7.66. The molecule has 6 nitrogen and oxygen atoms in total. The third-order valence-electron chi connectivity index (χ3n) is 5.58. The van der Waals surface area contributed by atoms with Crippen LogP contribution in [0.15, 0.2) is 10.6 Å². The van der Waals surface area contributed by atoms with E-state index in [-0.39, 0.29) is 5.91 Å². The molecule has 4 rings (SSSR count). The van der Waals surface area contributed by atoms with E-state index in [2.05, 4.69) is 29.1 Å². The number of hydrogen-bond donors (Lipinski definition) is 0. The van der Waals surface area contributed by atoms with Gasteiger partial charge in [-0.3, -0.25) is 4.79 Å². The first-order chi connectivity index (χ1) is 12.0. The summed E-state index contributed by atoms with van der Waals surface area (Å²) in [5, 5.41) is 4.82. The maximum atomic E-state index is 13.3. The van der Waals surface area contributed by atoms with Crippen molar-refractivity contribution in [3.63, 3.8) is 0 Å². The third-order valence-corrected chi connectivity index (χ3v) is 5.58. The highest BCUT2D eigenvalue weighted by molar-refractivity contribution is 6.06. The highest BCUT2D eigenvalue weighted by Gasteiger charge is 2.30. The lowest BCUT2D eigenvalue weighted by molar-refractivity contribution is 0.0760. The quantitative estimate of drug-likeness (QED) is 0.858. The Bertz CT molecular complexity index is 794. The molecule has 2 aromatic heterocycles. The minimum absolute atomic E-state index is 0.0972. The van der Waals surface area contributed by atoms with Gasteiger partial charge in [0.15, 0.2) is 0 Å². The van der Waals surface area contributed by atoms with Crippen LogP contribution in [-0.4, -0.2) is 59.1 Å². The molecule has 25 heavy (non-hydrogen) atoms. The summed E-state index contributed by atoms with van der Waals surface area (Å²) in [5.41, 5.74) is 2.95. The number of fused-ring (bicyclic) bond motifs is 1. The lowest BCUT2D eigenvalue weighted by atomic mass is 10.1. The second-order valence-electron chi connectivity index (χ2n) is 7.66. The van der Waals surface area contributed by atoms with Crippen molar-refractivity contribution in [2.45, 2.75) is 51.0 Å². The average molecular weight is 342 g/mol. The van der Waals surface area contributed by atoms with Crippen LogP contribution in [0, 0.1) is 6.92 Å². The molecular formula is C19H26N4O2. The van der Waals surface area contributed by atoms with Gasteiger partial charge in [-0.15, -0.1) is 0 Å². The Kier molecular flexibility index (Phi) is 4.23. The van der Waals surface area contributed by atoms with Crippen molar-refractivity contribution in [2.24, 2.45) is 0 Å². The van der Waals surface area contributed by atoms with Gasteiger partial charge < -0.3 is 14.3 Å². The number of aromatic nitrogens is 2. The number of aryl methyl sites for hydroxylation is 1. The Morgan fingerprint density at radius 2 is 2.04 bits per heavy atom. The maximum Gasteiger partial charge on any atom is 0.259 e. The van der Waals surface area contributed by atoms with Crippen molar-refractivity contribution in [1.29, 1.82) is 0 Å². The summed E-state index contributed by atoms with van der Waals surface area (Å²) in [7, 11) is 4.24. The Morgan fingerprint density at radius 1 is 1.24 bits per heavy atom. The molecule has 2 aliphatic rings. The van der Waals surface area contributed by atoms with Crippen molar-refractivity contribution >= 4 is 17.0 Å². The van der Waals surface area contributed by atoms with Gasteiger partial charge in [0, 0.05) is 30.7 Å². The largest absolute Gasteiger partial charge is 0.339 e. The van der Waals surface area contributed by atoms with Gasteiger partial charge in [0.25, 0.3) is 11.6 Å². The van der Waals surface area contributed by atoms with Crippen LogP contribution in [0.2, 0.25) is 0 Å². The molecule has 3 heterocycles. The second kappa shape index (κ2) is 6.41. The predicted octanol–water partition coefficient (Wildman–Crippen LogP) is 2.96. The van der Waals surface area contributed by atoms with Crippen LogP contribution in [-0.2, 0) is 0 Å². The molecule has 1 aliphatic heterocycles. The average Bonchev–Trinajstić information content (AvgIpc) is 3.40. The zero-order chi connectivity index (χ0) is 17.6. The topological polar surface area (TPSA) is 62.5 Å². The van der Waals surface area contributed by atoms with Gasteiger partial charge in [-0.25, -0.2) is 4.98 Å². The number of rotatable bonds is 3. The zero-order valence-electron chi connectivity index (χ0n) is 15.3. The Hall–Kier alpha value is -1.95. The number of carbonyl (C=O) groups is 1. The van der Waals surface area contributed by atoms with Crippen LogP contribution in [0.4, 0.5) is 0 Å². The maximum absolute atomic E-state index is 13.3. The lowest BCUT2D eigenvalue weighted by Crippen LogP contribution is -2.34. The fourth-order valence-corrected chi connectivity index (χ4v) is 3.84. The van der Waals surface area contributed by atoms with Gasteiger partial charge >= 0.3 is 0 Å². The number of likely N-dealkylation sites (tertiary alicyclic amines) is 1. The van der Waals surface area contributed by atoms with E-state index >= 15 is 0 Å². The van der Waals surface area contributed by atoms with Crippen LogP contribution in [0.5, 0.6) is 0 Å². The van der Waals surface area contributed by atoms with E-state index in [1.807, 2.05) is 17.9 Å². The standard InChI is InChI=1S/C19H26N4O2/c1-12-17-15(11-16(13-6-7-13)20-18(17)25-21-12)19(24)23-9-4-5-14(8-10-23)22(2)3/h11,13-14H,4-10H2,1-3H3/t14-/m1/s1. The molecule has 1 atom stereocenters. The summed E-state index contributed by atoms with van der Waals surface area (Å²) >= 11 is 0. The van der Waals surface area contributed by atoms with Crippen LogP contribution in [0.25, 0.3) is 11.1 Å². The Morgan fingerprint density at radius 3 is 2.76 bits per heavy atom. The number of carbonyl (C=O) groups excluding carboxylic acids is 1. The minimum atomic E-state index is 0.0972. The number of nitrogens with zero attached hydrogens (tertiary/aromatic N) is 4. The lowest BCUT2D eigenvalue weighted by Gasteiger charge is -2.23. The van der Waals surface area contributed by atoms with Crippen molar-refractivity contribution in [1.82, 2.24) is 19.9 Å². The minimum Gasteiger partial charge on any atom is -0.339 e. The van der Waals surface area contributed by atoms with Crippen molar-refractivity contribution in [3.05, 3.63) is 23.0 Å². The molecule has 0 radical (unpaired) electrons. The van der Waals surface area contributed by atoms with E-state index in [0.29, 0.717) is 23.2 Å². The molecule has 1 saturated heterocycles. The van der Waals surface area contributed by atoms with Crippen LogP contribution < -0.4 is 0 Å². The molecule has 2 aromatic rings. The van der Waals surface area contributed by atoms with E-state index in [9.17, 15) is 4.79 Å². The van der Waals surface area contributed by atoms with Crippen LogP contribution >= 0.6 is 0 Å². The molecule has 0 aromatic carbocycles. The fourth-order valence-electron chi connectivity index (χ4n) is 3.84. The molecule has 0 bridgehead atoms. The molecule has 1 amide bonds. The van der Waals surface area contributed by atoms with Crippen molar-refractivity contribution in [2.75, 3.05) is 27.2 Å². The van der Waals surface area contributed by atoms with Gasteiger partial charge in [0.05, 0.1) is 16.6 Å². The van der Waals surface area contributed by atoms with Gasteiger partial charge in [0.1, 0.15) is 0 Å². The highest BCUT2D eigenvalue weighted by atomic mass is 16.5. The van der Waals surface area contributed by atoms with E-state index in [4.69, 9.17) is 4.52 Å². The Balaban J connectivity index is 1.66. The monoisotopic (exact) mass is 342 g/mol. The molecule has 0 spiro atoms. The number of pyridine rings is 1. The summed E-state index contributed by atoms with van der Waals surface area (Å²) < 4.78 is 5.38.